The van der Waals surface area contributed by atoms with Gasteiger partial charge in [-0.05, 0) is 53.8 Å². The molecule has 186 valence electrons. The number of benzene rings is 2. The number of aliphatic carboxylic acids is 1. The van der Waals surface area contributed by atoms with Crippen molar-refractivity contribution in [2.75, 3.05) is 5.32 Å². The summed E-state index contributed by atoms with van der Waals surface area (Å²) in [7, 11) is 0. The average Bonchev–Trinajstić information content (AvgIpc) is 3.12. The van der Waals surface area contributed by atoms with E-state index in [1.54, 1.807) is 12.1 Å². The molecule has 0 aliphatic carbocycles. The molecule has 0 aliphatic rings. The highest BCUT2D eigenvalue weighted by Crippen LogP contribution is 2.30. The molecule has 0 aliphatic heterocycles. The molecule has 0 saturated heterocycles. The number of nitrogens with zero attached hydrogens (tertiary/aromatic N) is 2. The normalized spacial score (nSPS) is 11.8. The molecule has 1 heterocycles. The molecular formula is C26H28F3N3O3. The first-order valence-electron chi connectivity index (χ1n) is 11.3. The molecule has 1 amide bonds. The standard InChI is InChI=1S/C26H28F3N3O3/c1-15(2)23-21(13-22(33)34)24(16(3)4)32(31-23)14-17-5-11-20(12-6-17)30-25(35)18-7-9-19(10-8-18)26(27,28)29/h5-12,15-16H,13-14H2,1-4H3,(H,30,35)(H,33,34). The van der Waals surface area contributed by atoms with Gasteiger partial charge < -0.3 is 10.4 Å². The van der Waals surface area contributed by atoms with Crippen LogP contribution in [0.2, 0.25) is 0 Å². The first-order valence-corrected chi connectivity index (χ1v) is 11.3. The van der Waals surface area contributed by atoms with Crippen molar-refractivity contribution in [3.05, 3.63) is 82.2 Å². The number of alkyl halides is 3. The minimum absolute atomic E-state index is 0.0749. The van der Waals surface area contributed by atoms with E-state index < -0.39 is 23.6 Å². The SMILES string of the molecule is CC(C)c1nn(Cc2ccc(NC(=O)c3ccc(C(F)(F)F)cc3)cc2)c(C(C)C)c1CC(=O)O. The number of nitrogens with one attached hydrogen (secondary N) is 1. The third-order valence-electron chi connectivity index (χ3n) is 5.57. The van der Waals surface area contributed by atoms with Gasteiger partial charge in [-0.3, -0.25) is 14.3 Å². The van der Waals surface area contributed by atoms with Gasteiger partial charge >= 0.3 is 12.1 Å². The molecule has 2 aromatic carbocycles. The van der Waals surface area contributed by atoms with Crippen LogP contribution >= 0.6 is 0 Å². The molecule has 0 spiro atoms. The molecule has 0 unspecified atom stereocenters. The van der Waals surface area contributed by atoms with Crippen molar-refractivity contribution in [3.63, 3.8) is 0 Å². The Hall–Kier alpha value is -3.62. The first kappa shape index (κ1) is 26.0. The lowest BCUT2D eigenvalue weighted by molar-refractivity contribution is -0.138. The van der Waals surface area contributed by atoms with Crippen LogP contribution in [-0.4, -0.2) is 26.8 Å². The molecule has 0 atom stereocenters. The lowest BCUT2D eigenvalue weighted by Gasteiger charge is -2.13. The van der Waals surface area contributed by atoms with Gasteiger partial charge in [-0.1, -0.05) is 39.8 Å². The highest BCUT2D eigenvalue weighted by Gasteiger charge is 2.30. The summed E-state index contributed by atoms with van der Waals surface area (Å²) >= 11 is 0. The van der Waals surface area contributed by atoms with Gasteiger partial charge in [0, 0.05) is 22.5 Å². The molecule has 9 heteroatoms. The monoisotopic (exact) mass is 487 g/mol. The summed E-state index contributed by atoms with van der Waals surface area (Å²) in [6, 6.07) is 11.1. The smallest absolute Gasteiger partial charge is 0.416 e. The van der Waals surface area contributed by atoms with E-state index in [9.17, 15) is 27.9 Å². The highest BCUT2D eigenvalue weighted by atomic mass is 19.4. The van der Waals surface area contributed by atoms with Crippen LogP contribution in [0.3, 0.4) is 0 Å². The van der Waals surface area contributed by atoms with Crippen LogP contribution in [0.5, 0.6) is 0 Å². The fourth-order valence-electron chi connectivity index (χ4n) is 3.97. The van der Waals surface area contributed by atoms with Gasteiger partial charge in [0.1, 0.15) is 0 Å². The quantitative estimate of drug-likeness (QED) is 0.404. The molecule has 0 radical (unpaired) electrons. The van der Waals surface area contributed by atoms with E-state index in [0.29, 0.717) is 12.2 Å². The third-order valence-corrected chi connectivity index (χ3v) is 5.57. The predicted octanol–water partition coefficient (Wildman–Crippen LogP) is 6.08. The summed E-state index contributed by atoms with van der Waals surface area (Å²) in [5, 5.41) is 16.8. The fourth-order valence-corrected chi connectivity index (χ4v) is 3.97. The Labute approximate surface area is 201 Å². The minimum atomic E-state index is -4.46. The Balaban J connectivity index is 1.77. The Kier molecular flexibility index (Phi) is 7.67. The van der Waals surface area contributed by atoms with E-state index in [2.05, 4.69) is 5.32 Å². The average molecular weight is 488 g/mol. The zero-order valence-electron chi connectivity index (χ0n) is 20.0. The number of amides is 1. The number of carbonyl (C=O) groups excluding carboxylic acids is 1. The lowest BCUT2D eigenvalue weighted by atomic mass is 9.96. The van der Waals surface area contributed by atoms with E-state index in [1.807, 2.05) is 44.5 Å². The van der Waals surface area contributed by atoms with Crippen LogP contribution in [0, 0.1) is 0 Å². The number of hydrogen-bond donors (Lipinski definition) is 2. The van der Waals surface area contributed by atoms with Gasteiger partial charge in [0.2, 0.25) is 0 Å². The van der Waals surface area contributed by atoms with E-state index >= 15 is 0 Å². The van der Waals surface area contributed by atoms with E-state index in [1.165, 1.54) is 0 Å². The van der Waals surface area contributed by atoms with Crippen LogP contribution < -0.4 is 5.32 Å². The van der Waals surface area contributed by atoms with Crippen molar-refractivity contribution in [3.8, 4) is 0 Å². The van der Waals surface area contributed by atoms with Crippen LogP contribution in [0.25, 0.3) is 0 Å². The van der Waals surface area contributed by atoms with Crippen LogP contribution in [0.4, 0.5) is 18.9 Å². The summed E-state index contributed by atoms with van der Waals surface area (Å²) in [6.45, 7) is 8.40. The zero-order valence-corrected chi connectivity index (χ0v) is 20.0. The molecule has 3 aromatic rings. The number of rotatable bonds is 8. The fraction of sp³-hybridized carbons (Fsp3) is 0.346. The van der Waals surface area contributed by atoms with E-state index in [4.69, 9.17) is 5.10 Å². The van der Waals surface area contributed by atoms with Gasteiger partial charge in [-0.15, -0.1) is 0 Å². The number of hydrogen-bond acceptors (Lipinski definition) is 3. The van der Waals surface area contributed by atoms with Gasteiger partial charge in [-0.25, -0.2) is 0 Å². The molecule has 6 nitrogen and oxygen atoms in total. The largest absolute Gasteiger partial charge is 0.481 e. The van der Waals surface area contributed by atoms with Crippen molar-refractivity contribution < 1.29 is 27.9 Å². The Morgan fingerprint density at radius 3 is 2.06 bits per heavy atom. The maximum absolute atomic E-state index is 12.7. The van der Waals surface area contributed by atoms with E-state index in [0.717, 1.165) is 46.8 Å². The number of carbonyl (C=O) groups is 2. The maximum Gasteiger partial charge on any atom is 0.416 e. The van der Waals surface area contributed by atoms with Crippen LogP contribution in [-0.2, 0) is 23.9 Å². The van der Waals surface area contributed by atoms with Gasteiger partial charge in [0.05, 0.1) is 24.2 Å². The highest BCUT2D eigenvalue weighted by molar-refractivity contribution is 6.04. The second-order valence-corrected chi connectivity index (χ2v) is 9.01. The second kappa shape index (κ2) is 10.3. The molecule has 0 saturated carbocycles. The number of anilines is 1. The number of carboxylic acid groups (broad SMARTS) is 1. The Bertz CT molecular complexity index is 1200. The second-order valence-electron chi connectivity index (χ2n) is 9.01. The number of halogens is 3. The van der Waals surface area contributed by atoms with Gasteiger partial charge in [0.15, 0.2) is 0 Å². The van der Waals surface area contributed by atoms with Crippen LogP contribution in [0.15, 0.2) is 48.5 Å². The topological polar surface area (TPSA) is 84.2 Å². The van der Waals surface area contributed by atoms with Crippen molar-refractivity contribution in [1.29, 1.82) is 0 Å². The lowest BCUT2D eigenvalue weighted by Crippen LogP contribution is -2.13. The van der Waals surface area contributed by atoms with Crippen molar-refractivity contribution in [2.24, 2.45) is 0 Å². The molecule has 2 N–H and O–H groups in total. The van der Waals surface area contributed by atoms with Crippen LogP contribution in [0.1, 0.15) is 78.0 Å². The van der Waals surface area contributed by atoms with Gasteiger partial charge in [-0.2, -0.15) is 18.3 Å². The van der Waals surface area contributed by atoms with E-state index in [-0.39, 0.29) is 23.8 Å². The molecule has 0 bridgehead atoms. The molecule has 0 fully saturated rings. The summed E-state index contributed by atoms with van der Waals surface area (Å²) in [4.78, 5) is 23.9. The molecule has 3 rings (SSSR count). The third kappa shape index (κ3) is 6.29. The van der Waals surface area contributed by atoms with Crippen molar-refractivity contribution >= 4 is 17.6 Å². The summed E-state index contributed by atoms with van der Waals surface area (Å²) in [6.07, 6.45) is -4.55. The number of carboxylic acids is 1. The minimum Gasteiger partial charge on any atom is -0.481 e. The first-order chi connectivity index (χ1) is 16.4. The molecular weight excluding hydrogens is 459 g/mol. The Morgan fingerprint density at radius 2 is 1.57 bits per heavy atom. The molecule has 1 aromatic heterocycles. The van der Waals surface area contributed by atoms with Crippen molar-refractivity contribution in [1.82, 2.24) is 9.78 Å². The summed E-state index contributed by atoms with van der Waals surface area (Å²) in [5.41, 5.74) is 3.12. The Morgan fingerprint density at radius 1 is 0.971 bits per heavy atom. The molecule has 35 heavy (non-hydrogen) atoms. The predicted molar refractivity (Wildman–Crippen MR) is 127 cm³/mol. The summed E-state index contributed by atoms with van der Waals surface area (Å²) < 4.78 is 40.0. The maximum atomic E-state index is 12.7. The van der Waals surface area contributed by atoms with Gasteiger partial charge in [0.25, 0.3) is 5.91 Å². The zero-order chi connectivity index (χ0) is 25.9. The van der Waals surface area contributed by atoms with Crippen molar-refractivity contribution in [2.45, 2.75) is 58.7 Å². The summed E-state index contributed by atoms with van der Waals surface area (Å²) in [5.74, 6) is -1.26. The number of aromatic nitrogens is 2.